The number of nitriles is 1. The summed E-state index contributed by atoms with van der Waals surface area (Å²) in [6.07, 6.45) is 9.04. The van der Waals surface area contributed by atoms with Gasteiger partial charge in [0.05, 0.1) is 11.6 Å². The summed E-state index contributed by atoms with van der Waals surface area (Å²) in [7, 11) is 0. The number of rotatable bonds is 13. The van der Waals surface area contributed by atoms with E-state index in [4.69, 9.17) is 4.98 Å². The van der Waals surface area contributed by atoms with Crippen molar-refractivity contribution >= 4 is 0 Å². The Labute approximate surface area is 419 Å². The second kappa shape index (κ2) is 21.4. The molecule has 7 aromatic carbocycles. The van der Waals surface area contributed by atoms with Gasteiger partial charge in [0.2, 0.25) is 0 Å². The number of aromatic nitrogens is 3. The van der Waals surface area contributed by atoms with Crippen molar-refractivity contribution in [1.82, 2.24) is 15.0 Å². The first-order valence-electron chi connectivity index (χ1n) is 23.1. The molecule has 0 atom stereocenters. The summed E-state index contributed by atoms with van der Waals surface area (Å²) in [6, 6.07) is 76.4. The van der Waals surface area contributed by atoms with Gasteiger partial charge in [0.15, 0.2) is 0 Å². The SMILES string of the molecule is Cc1cccc(C)c1-c1ccnc(-c2[c-]cc(-c3ccccc3-c3cc(CCc4c[c-]c(-c5ccccn5)cc4)cc(CCc4c[c-]c(-c5ccccn5)cc4)c3)c(-c3ccc(C#N)cc3)c2)c1.[Ir+3]. The molecule has 10 aromatic rings. The van der Waals surface area contributed by atoms with E-state index in [0.717, 1.165) is 92.8 Å². The van der Waals surface area contributed by atoms with Crippen LogP contribution in [-0.2, 0) is 45.8 Å². The molecular formula is C64H47IrN4. The van der Waals surface area contributed by atoms with Crippen molar-refractivity contribution in [3.63, 3.8) is 0 Å². The van der Waals surface area contributed by atoms with Gasteiger partial charge >= 0.3 is 20.1 Å². The van der Waals surface area contributed by atoms with Crippen LogP contribution in [0.5, 0.6) is 0 Å². The third-order valence-corrected chi connectivity index (χ3v) is 12.7. The fourth-order valence-corrected chi connectivity index (χ4v) is 9.17. The molecule has 0 saturated heterocycles. The topological polar surface area (TPSA) is 62.5 Å². The van der Waals surface area contributed by atoms with Gasteiger partial charge in [0, 0.05) is 18.6 Å². The van der Waals surface area contributed by atoms with Crippen LogP contribution in [0.25, 0.3) is 78.3 Å². The van der Waals surface area contributed by atoms with Crippen LogP contribution in [0.3, 0.4) is 0 Å². The van der Waals surface area contributed by atoms with E-state index in [1.165, 1.54) is 44.5 Å². The molecule has 5 heteroatoms. The zero-order valence-corrected chi connectivity index (χ0v) is 40.9. The molecule has 0 aliphatic carbocycles. The normalized spacial score (nSPS) is 10.9. The van der Waals surface area contributed by atoms with Crippen LogP contribution in [0.2, 0.25) is 0 Å². The Kier molecular flexibility index (Phi) is 14.3. The van der Waals surface area contributed by atoms with Gasteiger partial charge < -0.3 is 15.0 Å². The van der Waals surface area contributed by atoms with Gasteiger partial charge in [0.25, 0.3) is 0 Å². The van der Waals surface area contributed by atoms with Crippen LogP contribution in [-0.4, -0.2) is 15.0 Å². The zero-order valence-electron chi connectivity index (χ0n) is 38.5. The number of aryl methyl sites for hydroxylation is 6. The molecule has 0 aliphatic heterocycles. The first-order valence-corrected chi connectivity index (χ1v) is 23.1. The fourth-order valence-electron chi connectivity index (χ4n) is 9.17. The molecule has 3 heterocycles. The minimum absolute atomic E-state index is 0. The van der Waals surface area contributed by atoms with Crippen LogP contribution in [0.1, 0.15) is 38.9 Å². The Bertz CT molecular complexity index is 3270. The monoisotopic (exact) mass is 1060 g/mol. The Morgan fingerprint density at radius 1 is 0.406 bits per heavy atom. The predicted molar refractivity (Wildman–Crippen MR) is 276 cm³/mol. The summed E-state index contributed by atoms with van der Waals surface area (Å²) in [5, 5.41) is 9.73. The summed E-state index contributed by atoms with van der Waals surface area (Å²) in [4.78, 5) is 13.9. The first-order chi connectivity index (χ1) is 33.5. The molecule has 3 aromatic heterocycles. The summed E-state index contributed by atoms with van der Waals surface area (Å²) in [5.74, 6) is 0. The van der Waals surface area contributed by atoms with Gasteiger partial charge in [-0.2, -0.15) is 5.26 Å². The van der Waals surface area contributed by atoms with E-state index >= 15 is 0 Å². The summed E-state index contributed by atoms with van der Waals surface area (Å²) in [6.45, 7) is 4.32. The number of hydrogen-bond donors (Lipinski definition) is 0. The zero-order chi connectivity index (χ0) is 46.2. The van der Waals surface area contributed by atoms with Gasteiger partial charge in [-0.25, -0.2) is 0 Å². The van der Waals surface area contributed by atoms with Gasteiger partial charge in [-0.1, -0.05) is 133 Å². The average Bonchev–Trinajstić information content (AvgIpc) is 3.40. The molecule has 0 spiro atoms. The molecule has 4 nitrogen and oxygen atoms in total. The van der Waals surface area contributed by atoms with Crippen LogP contribution >= 0.6 is 0 Å². The maximum atomic E-state index is 9.73. The van der Waals surface area contributed by atoms with Crippen LogP contribution in [0, 0.1) is 43.4 Å². The molecular weight excluding hydrogens is 1020 g/mol. The molecule has 332 valence electrons. The molecule has 0 N–H and O–H groups in total. The fraction of sp³-hybridized carbons (Fsp3) is 0.0938. The molecule has 0 aliphatic rings. The molecule has 0 amide bonds. The van der Waals surface area contributed by atoms with E-state index in [9.17, 15) is 5.26 Å². The van der Waals surface area contributed by atoms with Gasteiger partial charge in [-0.15, -0.1) is 94.5 Å². The smallest absolute Gasteiger partial charge is 0.305 e. The third-order valence-electron chi connectivity index (χ3n) is 12.7. The van der Waals surface area contributed by atoms with Crippen molar-refractivity contribution in [2.45, 2.75) is 39.5 Å². The van der Waals surface area contributed by atoms with Crippen LogP contribution in [0.4, 0.5) is 0 Å². The molecule has 0 radical (unpaired) electrons. The van der Waals surface area contributed by atoms with Crippen LogP contribution in [0.15, 0.2) is 201 Å². The molecule has 0 saturated carbocycles. The molecule has 69 heavy (non-hydrogen) atoms. The second-order valence-corrected chi connectivity index (χ2v) is 17.3. The maximum absolute atomic E-state index is 9.73. The van der Waals surface area contributed by atoms with Crippen molar-refractivity contribution in [2.24, 2.45) is 0 Å². The van der Waals surface area contributed by atoms with Crippen molar-refractivity contribution in [3.8, 4) is 84.3 Å². The van der Waals surface area contributed by atoms with E-state index in [0.29, 0.717) is 5.56 Å². The molecule has 0 bridgehead atoms. The van der Waals surface area contributed by atoms with Gasteiger partial charge in [-0.3, -0.25) is 0 Å². The summed E-state index contributed by atoms with van der Waals surface area (Å²) in [5.41, 5.74) is 22.6. The second-order valence-electron chi connectivity index (χ2n) is 17.3. The van der Waals surface area contributed by atoms with Crippen molar-refractivity contribution in [3.05, 3.63) is 258 Å². The minimum Gasteiger partial charge on any atom is -0.305 e. The van der Waals surface area contributed by atoms with Crippen molar-refractivity contribution < 1.29 is 20.1 Å². The molecule has 0 fully saturated rings. The molecule has 10 rings (SSSR count). The maximum Gasteiger partial charge on any atom is 3.00 e. The van der Waals surface area contributed by atoms with E-state index < -0.39 is 0 Å². The Balaban J connectivity index is 0.00000593. The van der Waals surface area contributed by atoms with Gasteiger partial charge in [-0.05, 0) is 124 Å². The first kappa shape index (κ1) is 46.2. The van der Waals surface area contributed by atoms with Crippen LogP contribution < -0.4 is 0 Å². The predicted octanol–water partition coefficient (Wildman–Crippen LogP) is 15.0. The van der Waals surface area contributed by atoms with Crippen molar-refractivity contribution in [1.29, 1.82) is 5.26 Å². The number of nitrogens with zero attached hydrogens (tertiary/aromatic N) is 4. The quantitative estimate of drug-likeness (QED) is 0.108. The third kappa shape index (κ3) is 10.6. The largest absolute Gasteiger partial charge is 3.00 e. The molecule has 0 unspecified atom stereocenters. The average molecular weight is 1060 g/mol. The van der Waals surface area contributed by atoms with Crippen molar-refractivity contribution in [2.75, 3.05) is 0 Å². The standard InChI is InChI=1S/C64H47N4.Ir/c1-44-10-9-11-45(2)64(44)55-34-37-68-63(42-55)54-32-33-59(60(41-54)51-26-24-48(43-65)25-27-51)58-13-4-3-12-57(58)56-39-49(18-16-46-20-28-52(29-21-46)61-14-5-7-35-66-61)38-50(40-56)19-17-47-22-30-53(31-23-47)62-15-6-8-36-67-62;/h3-15,20-28,30,33-42H,16-19H2,1-2H3;/q-3;+3. The van der Waals surface area contributed by atoms with Gasteiger partial charge in [0.1, 0.15) is 0 Å². The Morgan fingerprint density at radius 2 is 0.971 bits per heavy atom. The number of pyridine rings is 3. The summed E-state index contributed by atoms with van der Waals surface area (Å²) >= 11 is 0. The Hall–Kier alpha value is -7.87. The minimum atomic E-state index is 0. The van der Waals surface area contributed by atoms with E-state index in [-0.39, 0.29) is 20.1 Å². The number of hydrogen-bond acceptors (Lipinski definition) is 4. The summed E-state index contributed by atoms with van der Waals surface area (Å²) < 4.78 is 0. The number of benzene rings is 7. The van der Waals surface area contributed by atoms with E-state index in [1.807, 2.05) is 79.3 Å². The van der Waals surface area contributed by atoms with E-state index in [2.05, 4.69) is 169 Å². The Morgan fingerprint density at radius 3 is 1.54 bits per heavy atom. The van der Waals surface area contributed by atoms with E-state index in [1.54, 1.807) is 0 Å².